The van der Waals surface area contributed by atoms with Crippen molar-refractivity contribution in [3.8, 4) is 10.4 Å². The second-order valence-corrected chi connectivity index (χ2v) is 12.2. The summed E-state index contributed by atoms with van der Waals surface area (Å²) in [6, 6.07) is 14.0. The van der Waals surface area contributed by atoms with E-state index in [2.05, 4.69) is 80.6 Å². The van der Waals surface area contributed by atoms with Gasteiger partial charge in [-0.3, -0.25) is 15.3 Å². The van der Waals surface area contributed by atoms with Gasteiger partial charge in [-0.2, -0.15) is 0 Å². The monoisotopic (exact) mass is 513 g/mol. The lowest BCUT2D eigenvalue weighted by Gasteiger charge is -2.34. The van der Waals surface area contributed by atoms with Gasteiger partial charge in [0.2, 0.25) is 0 Å². The Balaban J connectivity index is 1.12. The van der Waals surface area contributed by atoms with Gasteiger partial charge in [-0.1, -0.05) is 18.6 Å². The standard InChI is InChI=1S/C29H35N7S/c1-18-8-9-26(37-18)21-6-5-7-23-27(21)33-29(32-23)28-22-13-24(31-16-25(22)34-35-28)20-12-19(14-30-15-20)17-36-10-3-2-4-11-36/h5-9,12,14-15,22,24-25,28,31,34-35H,2-4,10-11,13,16-17H2,1H3,(H,32,33). The molecule has 7 rings (SSSR count). The zero-order valence-electron chi connectivity index (χ0n) is 21.3. The van der Waals surface area contributed by atoms with E-state index in [1.165, 1.54) is 58.8 Å². The lowest BCUT2D eigenvalue weighted by atomic mass is 9.82. The van der Waals surface area contributed by atoms with Crippen LogP contribution in [0.2, 0.25) is 0 Å². The number of para-hydroxylation sites is 1. The van der Waals surface area contributed by atoms with Gasteiger partial charge in [0.15, 0.2) is 0 Å². The molecule has 3 saturated heterocycles. The second-order valence-electron chi connectivity index (χ2n) is 10.9. The fraction of sp³-hybridized carbons (Fsp3) is 0.448. The molecule has 7 nitrogen and oxygen atoms in total. The summed E-state index contributed by atoms with van der Waals surface area (Å²) in [5, 5.41) is 3.78. The summed E-state index contributed by atoms with van der Waals surface area (Å²) in [7, 11) is 0. The molecule has 1 aromatic carbocycles. The van der Waals surface area contributed by atoms with Crippen LogP contribution < -0.4 is 16.2 Å². The molecule has 3 fully saturated rings. The Morgan fingerprint density at radius 2 is 1.97 bits per heavy atom. The number of likely N-dealkylation sites (tertiary alicyclic amines) is 1. The van der Waals surface area contributed by atoms with Crippen molar-refractivity contribution in [2.24, 2.45) is 5.92 Å². The van der Waals surface area contributed by atoms with Crippen molar-refractivity contribution in [3.63, 3.8) is 0 Å². The third kappa shape index (κ3) is 4.62. The van der Waals surface area contributed by atoms with Gasteiger partial charge >= 0.3 is 0 Å². The van der Waals surface area contributed by atoms with Crippen molar-refractivity contribution in [3.05, 3.63) is 70.6 Å². The number of aromatic nitrogens is 3. The molecule has 4 atom stereocenters. The highest BCUT2D eigenvalue weighted by Gasteiger charge is 2.42. The summed E-state index contributed by atoms with van der Waals surface area (Å²) in [5.41, 5.74) is 13.1. The van der Waals surface area contributed by atoms with Crippen molar-refractivity contribution in [2.75, 3.05) is 19.6 Å². The number of imidazole rings is 1. The number of thiophene rings is 1. The number of H-pyrrole nitrogens is 1. The highest BCUT2D eigenvalue weighted by atomic mass is 32.1. The highest BCUT2D eigenvalue weighted by molar-refractivity contribution is 7.15. The van der Waals surface area contributed by atoms with Crippen LogP contribution in [0.3, 0.4) is 0 Å². The molecule has 0 radical (unpaired) electrons. The summed E-state index contributed by atoms with van der Waals surface area (Å²) in [4.78, 5) is 18.6. The fourth-order valence-corrected chi connectivity index (χ4v) is 7.33. The summed E-state index contributed by atoms with van der Waals surface area (Å²) >= 11 is 1.83. The van der Waals surface area contributed by atoms with E-state index in [0.717, 1.165) is 36.4 Å². The summed E-state index contributed by atoms with van der Waals surface area (Å²) in [6.07, 6.45) is 9.15. The van der Waals surface area contributed by atoms with Gasteiger partial charge in [-0.25, -0.2) is 10.4 Å². The van der Waals surface area contributed by atoms with Crippen LogP contribution in [0.15, 0.2) is 48.8 Å². The molecule has 0 aliphatic carbocycles. The minimum Gasteiger partial charge on any atom is -0.341 e. The van der Waals surface area contributed by atoms with Gasteiger partial charge in [0.05, 0.1) is 17.1 Å². The molecule has 4 aromatic rings. The number of hydrazine groups is 1. The molecule has 192 valence electrons. The maximum Gasteiger partial charge on any atom is 0.126 e. The van der Waals surface area contributed by atoms with Gasteiger partial charge in [0.1, 0.15) is 5.82 Å². The Hall–Kier alpha value is -2.62. The first kappa shape index (κ1) is 23.5. The molecule has 37 heavy (non-hydrogen) atoms. The van der Waals surface area contributed by atoms with Crippen LogP contribution in [-0.4, -0.2) is 45.5 Å². The van der Waals surface area contributed by atoms with Crippen LogP contribution in [0, 0.1) is 12.8 Å². The van der Waals surface area contributed by atoms with Crippen LogP contribution in [0.1, 0.15) is 59.6 Å². The van der Waals surface area contributed by atoms with E-state index in [0.29, 0.717) is 18.0 Å². The molecule has 3 aliphatic rings. The first-order chi connectivity index (χ1) is 18.2. The van der Waals surface area contributed by atoms with E-state index in [9.17, 15) is 0 Å². The van der Waals surface area contributed by atoms with Crippen LogP contribution in [0.4, 0.5) is 0 Å². The number of nitrogens with zero attached hydrogens (tertiary/aromatic N) is 3. The van der Waals surface area contributed by atoms with Gasteiger partial charge in [-0.15, -0.1) is 11.3 Å². The molecule has 4 unspecified atom stereocenters. The second kappa shape index (κ2) is 9.93. The Morgan fingerprint density at radius 1 is 1.05 bits per heavy atom. The number of aromatic amines is 1. The van der Waals surface area contributed by atoms with Crippen molar-refractivity contribution >= 4 is 22.4 Å². The molecule has 3 aliphatic heterocycles. The van der Waals surface area contributed by atoms with Crippen molar-refractivity contribution in [2.45, 2.75) is 57.3 Å². The number of rotatable bonds is 5. The smallest absolute Gasteiger partial charge is 0.126 e. The maximum atomic E-state index is 5.16. The van der Waals surface area contributed by atoms with E-state index in [1.54, 1.807) is 0 Å². The van der Waals surface area contributed by atoms with Crippen LogP contribution >= 0.6 is 11.3 Å². The van der Waals surface area contributed by atoms with Gasteiger partial charge in [-0.05, 0) is 74.7 Å². The fourth-order valence-electron chi connectivity index (χ4n) is 6.43. The third-order valence-corrected chi connectivity index (χ3v) is 9.40. The Kier molecular flexibility index (Phi) is 6.30. The minimum atomic E-state index is 0.143. The number of pyridine rings is 1. The van der Waals surface area contributed by atoms with Crippen molar-refractivity contribution in [1.82, 2.24) is 36.0 Å². The van der Waals surface area contributed by atoms with E-state index < -0.39 is 0 Å². The number of nitrogens with one attached hydrogen (secondary N) is 4. The number of benzene rings is 1. The van der Waals surface area contributed by atoms with Gasteiger partial charge < -0.3 is 10.3 Å². The summed E-state index contributed by atoms with van der Waals surface area (Å²) in [5.74, 6) is 1.46. The van der Waals surface area contributed by atoms with E-state index in [4.69, 9.17) is 4.98 Å². The lowest BCUT2D eigenvalue weighted by molar-refractivity contribution is 0.220. The highest BCUT2D eigenvalue weighted by Crippen LogP contribution is 2.39. The average Bonchev–Trinajstić information content (AvgIpc) is 3.66. The molecule has 4 N–H and O–H groups in total. The number of aryl methyl sites for hydroxylation is 1. The van der Waals surface area contributed by atoms with Gasteiger partial charge in [0, 0.05) is 58.8 Å². The molecule has 0 amide bonds. The van der Waals surface area contributed by atoms with E-state index in [1.807, 2.05) is 17.5 Å². The Morgan fingerprint density at radius 3 is 2.84 bits per heavy atom. The van der Waals surface area contributed by atoms with Gasteiger partial charge in [0.25, 0.3) is 0 Å². The number of fused-ring (bicyclic) bond motifs is 2. The predicted octanol–water partition coefficient (Wildman–Crippen LogP) is 4.85. The predicted molar refractivity (Wildman–Crippen MR) is 149 cm³/mol. The van der Waals surface area contributed by atoms with E-state index in [-0.39, 0.29) is 6.04 Å². The molecule has 0 bridgehead atoms. The van der Waals surface area contributed by atoms with Crippen LogP contribution in [0.5, 0.6) is 0 Å². The third-order valence-electron chi connectivity index (χ3n) is 8.37. The minimum absolute atomic E-state index is 0.143. The number of hydrogen-bond acceptors (Lipinski definition) is 7. The van der Waals surface area contributed by atoms with E-state index >= 15 is 0 Å². The lowest BCUT2D eigenvalue weighted by Crippen LogP contribution is -2.46. The van der Waals surface area contributed by atoms with Crippen molar-refractivity contribution < 1.29 is 0 Å². The quantitative estimate of drug-likeness (QED) is 0.306. The Labute approximate surface area is 222 Å². The summed E-state index contributed by atoms with van der Waals surface area (Å²) in [6.45, 7) is 6.51. The molecular formula is C29H35N7S. The number of hydrogen-bond donors (Lipinski definition) is 4. The zero-order valence-corrected chi connectivity index (χ0v) is 22.2. The molecule has 0 spiro atoms. The molecule has 0 saturated carbocycles. The molecular weight excluding hydrogens is 478 g/mol. The van der Waals surface area contributed by atoms with Crippen LogP contribution in [-0.2, 0) is 6.54 Å². The topological polar surface area (TPSA) is 80.9 Å². The molecule has 8 heteroatoms. The van der Waals surface area contributed by atoms with Crippen LogP contribution in [0.25, 0.3) is 21.5 Å². The maximum absolute atomic E-state index is 5.16. The molecule has 6 heterocycles. The SMILES string of the molecule is Cc1ccc(-c2cccc3[nH]c(C4NNC5CNC(c6cncc(CN7CCCCC7)c6)CC54)nc23)s1. The first-order valence-corrected chi connectivity index (χ1v) is 14.5. The van der Waals surface area contributed by atoms with Crippen molar-refractivity contribution in [1.29, 1.82) is 0 Å². The normalized spacial score (nSPS) is 26.5. The summed E-state index contributed by atoms with van der Waals surface area (Å²) < 4.78 is 0. The molecule has 3 aromatic heterocycles. The largest absolute Gasteiger partial charge is 0.341 e. The number of piperidine rings is 2. The Bertz CT molecular complexity index is 1390. The average molecular weight is 514 g/mol. The first-order valence-electron chi connectivity index (χ1n) is 13.7. The zero-order chi connectivity index (χ0) is 24.8.